The predicted molar refractivity (Wildman–Crippen MR) is 72.8 cm³/mol. The first-order chi connectivity index (χ1) is 8.99. The van der Waals surface area contributed by atoms with Crippen molar-refractivity contribution in [1.82, 2.24) is 9.78 Å². The van der Waals surface area contributed by atoms with Gasteiger partial charge in [0.05, 0.1) is 17.9 Å². The van der Waals surface area contributed by atoms with Crippen molar-refractivity contribution in [1.29, 1.82) is 0 Å². The molecule has 1 heterocycles. The SMILES string of the molecule is CS(=O)(=O)CCn1cc(C=O)c(-c2ccccc2)n1. The Kier molecular flexibility index (Phi) is 3.80. The predicted octanol–water partition coefficient (Wildman–Crippen LogP) is 1.41. The largest absolute Gasteiger partial charge is 0.298 e. The van der Waals surface area contributed by atoms with Gasteiger partial charge in [0, 0.05) is 18.0 Å². The van der Waals surface area contributed by atoms with Gasteiger partial charge in [0.2, 0.25) is 0 Å². The molecule has 0 unspecified atom stereocenters. The van der Waals surface area contributed by atoms with Crippen molar-refractivity contribution in [3.8, 4) is 11.3 Å². The molecule has 19 heavy (non-hydrogen) atoms. The van der Waals surface area contributed by atoms with Crippen LogP contribution in [-0.2, 0) is 16.4 Å². The Morgan fingerprint density at radius 3 is 2.53 bits per heavy atom. The van der Waals surface area contributed by atoms with E-state index in [1.165, 1.54) is 10.9 Å². The zero-order valence-corrected chi connectivity index (χ0v) is 11.3. The Balaban J connectivity index is 2.30. The van der Waals surface area contributed by atoms with Gasteiger partial charge in [-0.3, -0.25) is 9.48 Å². The molecule has 0 aliphatic carbocycles. The Labute approximate surface area is 111 Å². The summed E-state index contributed by atoms with van der Waals surface area (Å²) in [7, 11) is -3.05. The third-order valence-corrected chi connectivity index (χ3v) is 3.58. The van der Waals surface area contributed by atoms with Crippen LogP contribution in [0.15, 0.2) is 36.5 Å². The second-order valence-corrected chi connectivity index (χ2v) is 6.57. The minimum atomic E-state index is -3.05. The molecule has 0 aliphatic rings. The van der Waals surface area contributed by atoms with Gasteiger partial charge in [-0.05, 0) is 0 Å². The molecule has 0 bridgehead atoms. The highest BCUT2D eigenvalue weighted by molar-refractivity contribution is 7.90. The van der Waals surface area contributed by atoms with E-state index in [0.29, 0.717) is 11.3 Å². The first kappa shape index (κ1) is 13.5. The van der Waals surface area contributed by atoms with E-state index < -0.39 is 9.84 Å². The van der Waals surface area contributed by atoms with Crippen LogP contribution in [0.25, 0.3) is 11.3 Å². The van der Waals surface area contributed by atoms with Crippen molar-refractivity contribution >= 4 is 16.1 Å². The summed E-state index contributed by atoms with van der Waals surface area (Å²) in [6.45, 7) is 0.243. The number of hydrogen-bond acceptors (Lipinski definition) is 4. The monoisotopic (exact) mass is 278 g/mol. The smallest absolute Gasteiger partial charge is 0.153 e. The second kappa shape index (κ2) is 5.36. The number of aryl methyl sites for hydroxylation is 1. The summed E-state index contributed by atoms with van der Waals surface area (Å²) >= 11 is 0. The van der Waals surface area contributed by atoms with Crippen molar-refractivity contribution in [3.05, 3.63) is 42.1 Å². The fourth-order valence-electron chi connectivity index (χ4n) is 1.72. The molecule has 2 rings (SSSR count). The van der Waals surface area contributed by atoms with Crippen molar-refractivity contribution < 1.29 is 13.2 Å². The lowest BCUT2D eigenvalue weighted by atomic mass is 10.1. The van der Waals surface area contributed by atoms with Crippen LogP contribution in [0, 0.1) is 0 Å². The highest BCUT2D eigenvalue weighted by atomic mass is 32.2. The molecule has 0 N–H and O–H groups in total. The van der Waals surface area contributed by atoms with Gasteiger partial charge in [0.1, 0.15) is 15.5 Å². The summed E-state index contributed by atoms with van der Waals surface area (Å²) in [6.07, 6.45) is 3.47. The number of nitrogens with zero attached hydrogens (tertiary/aromatic N) is 2. The van der Waals surface area contributed by atoms with Crippen LogP contribution in [0.1, 0.15) is 10.4 Å². The third-order valence-electron chi connectivity index (χ3n) is 2.66. The van der Waals surface area contributed by atoms with E-state index in [1.54, 1.807) is 6.20 Å². The summed E-state index contributed by atoms with van der Waals surface area (Å²) in [5.74, 6) is 0.00120. The molecule has 1 aromatic heterocycles. The van der Waals surface area contributed by atoms with Crippen LogP contribution in [0.2, 0.25) is 0 Å². The average Bonchev–Trinajstić information content (AvgIpc) is 2.80. The lowest BCUT2D eigenvalue weighted by Gasteiger charge is -1.99. The molecule has 0 fully saturated rings. The molecule has 0 amide bonds. The fourth-order valence-corrected chi connectivity index (χ4v) is 2.24. The van der Waals surface area contributed by atoms with Crippen LogP contribution in [0.3, 0.4) is 0 Å². The van der Waals surface area contributed by atoms with Crippen LogP contribution in [-0.4, -0.2) is 36.5 Å². The molecule has 0 atom stereocenters. The van der Waals surface area contributed by atoms with Crippen LogP contribution >= 0.6 is 0 Å². The molecule has 0 saturated carbocycles. The van der Waals surface area contributed by atoms with Crippen molar-refractivity contribution in [2.75, 3.05) is 12.0 Å². The van der Waals surface area contributed by atoms with E-state index in [-0.39, 0.29) is 12.3 Å². The van der Waals surface area contributed by atoms with E-state index in [4.69, 9.17) is 0 Å². The van der Waals surface area contributed by atoms with E-state index in [1.807, 2.05) is 30.3 Å². The molecule has 1 aromatic carbocycles. The van der Waals surface area contributed by atoms with Crippen LogP contribution in [0.5, 0.6) is 0 Å². The van der Waals surface area contributed by atoms with Gasteiger partial charge in [-0.15, -0.1) is 0 Å². The number of hydrogen-bond donors (Lipinski definition) is 0. The number of carbonyl (C=O) groups is 1. The first-order valence-electron chi connectivity index (χ1n) is 5.75. The fraction of sp³-hybridized carbons (Fsp3) is 0.231. The minimum absolute atomic E-state index is 0.00120. The molecule has 5 nitrogen and oxygen atoms in total. The highest BCUT2D eigenvalue weighted by Gasteiger charge is 2.11. The summed E-state index contributed by atoms with van der Waals surface area (Å²) < 4.78 is 23.7. The van der Waals surface area contributed by atoms with Crippen LogP contribution in [0.4, 0.5) is 0 Å². The quantitative estimate of drug-likeness (QED) is 0.775. The van der Waals surface area contributed by atoms with E-state index in [0.717, 1.165) is 11.8 Å². The molecular formula is C13H14N2O3S. The summed E-state index contributed by atoms with van der Waals surface area (Å²) in [6, 6.07) is 9.32. The van der Waals surface area contributed by atoms with Crippen LogP contribution < -0.4 is 0 Å². The van der Waals surface area contributed by atoms with Gasteiger partial charge in [0.25, 0.3) is 0 Å². The number of benzene rings is 1. The average molecular weight is 278 g/mol. The zero-order valence-electron chi connectivity index (χ0n) is 10.5. The van der Waals surface area contributed by atoms with Gasteiger partial charge < -0.3 is 0 Å². The number of sulfone groups is 1. The maximum atomic E-state index is 11.1. The van der Waals surface area contributed by atoms with Crippen molar-refractivity contribution in [3.63, 3.8) is 0 Å². The Hall–Kier alpha value is -1.95. The molecule has 0 aliphatic heterocycles. The number of aromatic nitrogens is 2. The number of rotatable bonds is 5. The second-order valence-electron chi connectivity index (χ2n) is 4.31. The first-order valence-corrected chi connectivity index (χ1v) is 7.81. The highest BCUT2D eigenvalue weighted by Crippen LogP contribution is 2.20. The van der Waals surface area contributed by atoms with E-state index in [9.17, 15) is 13.2 Å². The standard InChI is InChI=1S/C13H14N2O3S/c1-19(17,18)8-7-15-9-12(10-16)13(14-15)11-5-3-2-4-6-11/h2-6,9-10H,7-8H2,1H3. The Morgan fingerprint density at radius 2 is 1.95 bits per heavy atom. The lowest BCUT2D eigenvalue weighted by Crippen LogP contribution is -2.11. The topological polar surface area (TPSA) is 69.0 Å². The van der Waals surface area contributed by atoms with Gasteiger partial charge in [0.15, 0.2) is 6.29 Å². The zero-order chi connectivity index (χ0) is 13.9. The third kappa shape index (κ3) is 3.51. The van der Waals surface area contributed by atoms with Crippen molar-refractivity contribution in [2.45, 2.75) is 6.54 Å². The summed E-state index contributed by atoms with van der Waals surface area (Å²) in [4.78, 5) is 11.0. The molecular weight excluding hydrogens is 264 g/mol. The molecule has 6 heteroatoms. The van der Waals surface area contributed by atoms with Gasteiger partial charge in [-0.1, -0.05) is 30.3 Å². The molecule has 0 spiro atoms. The normalized spacial score (nSPS) is 11.4. The summed E-state index contributed by atoms with van der Waals surface area (Å²) in [5, 5.41) is 4.28. The molecule has 2 aromatic rings. The maximum absolute atomic E-state index is 11.1. The number of carbonyl (C=O) groups excluding carboxylic acids is 1. The molecule has 0 saturated heterocycles. The Morgan fingerprint density at radius 1 is 1.26 bits per heavy atom. The molecule has 0 radical (unpaired) electrons. The number of aldehydes is 1. The van der Waals surface area contributed by atoms with E-state index in [2.05, 4.69) is 5.10 Å². The minimum Gasteiger partial charge on any atom is -0.298 e. The molecule has 100 valence electrons. The van der Waals surface area contributed by atoms with Gasteiger partial charge >= 0.3 is 0 Å². The maximum Gasteiger partial charge on any atom is 0.153 e. The van der Waals surface area contributed by atoms with Gasteiger partial charge in [-0.2, -0.15) is 5.10 Å². The Bertz CT molecular complexity index is 675. The summed E-state index contributed by atoms with van der Waals surface area (Å²) in [5.41, 5.74) is 1.87. The van der Waals surface area contributed by atoms with E-state index >= 15 is 0 Å². The van der Waals surface area contributed by atoms with Crippen molar-refractivity contribution in [2.24, 2.45) is 0 Å². The van der Waals surface area contributed by atoms with Gasteiger partial charge in [-0.25, -0.2) is 8.42 Å². The lowest BCUT2D eigenvalue weighted by molar-refractivity contribution is 0.112.